The normalized spacial score (nSPS) is 14.3. The number of hydrogen-bond acceptors (Lipinski definition) is 5. The SMILES string of the molecule is Cl.NCc1nc(C(=O)Nc2ccc(Cl)c(C(=O)NC3CCCCC3)c2)cs1. The van der Waals surface area contributed by atoms with Gasteiger partial charge in [-0.15, -0.1) is 23.7 Å². The van der Waals surface area contributed by atoms with Gasteiger partial charge in [0.1, 0.15) is 10.7 Å². The van der Waals surface area contributed by atoms with Gasteiger partial charge in [0.2, 0.25) is 0 Å². The Morgan fingerprint density at radius 1 is 1.22 bits per heavy atom. The summed E-state index contributed by atoms with van der Waals surface area (Å²) < 4.78 is 0. The second-order valence-corrected chi connectivity index (χ2v) is 7.64. The lowest BCUT2D eigenvalue weighted by Gasteiger charge is -2.23. The van der Waals surface area contributed by atoms with Gasteiger partial charge in [-0.25, -0.2) is 4.98 Å². The van der Waals surface area contributed by atoms with Crippen LogP contribution < -0.4 is 16.4 Å². The maximum atomic E-state index is 12.6. The molecule has 0 unspecified atom stereocenters. The molecule has 0 atom stereocenters. The molecule has 1 heterocycles. The van der Waals surface area contributed by atoms with Crippen LogP contribution in [0.2, 0.25) is 5.02 Å². The van der Waals surface area contributed by atoms with E-state index in [1.54, 1.807) is 23.6 Å². The summed E-state index contributed by atoms with van der Waals surface area (Å²) in [7, 11) is 0. The van der Waals surface area contributed by atoms with E-state index in [0.29, 0.717) is 33.5 Å². The molecule has 1 aliphatic rings. The summed E-state index contributed by atoms with van der Waals surface area (Å²) in [6.07, 6.45) is 5.47. The van der Waals surface area contributed by atoms with Gasteiger partial charge in [0, 0.05) is 23.7 Å². The Labute approximate surface area is 173 Å². The Morgan fingerprint density at radius 3 is 2.63 bits per heavy atom. The Hall–Kier alpha value is -1.67. The first-order valence-electron chi connectivity index (χ1n) is 8.63. The molecule has 0 radical (unpaired) electrons. The number of hydrogen-bond donors (Lipinski definition) is 3. The van der Waals surface area contributed by atoms with E-state index in [4.69, 9.17) is 17.3 Å². The second kappa shape index (κ2) is 10.0. The van der Waals surface area contributed by atoms with Crippen molar-refractivity contribution in [2.45, 2.75) is 44.7 Å². The number of nitrogens with zero attached hydrogens (tertiary/aromatic N) is 1. The minimum absolute atomic E-state index is 0. The van der Waals surface area contributed by atoms with Crippen LogP contribution in [0.4, 0.5) is 5.69 Å². The van der Waals surface area contributed by atoms with Gasteiger partial charge in [-0.3, -0.25) is 9.59 Å². The lowest BCUT2D eigenvalue weighted by Crippen LogP contribution is -2.36. The summed E-state index contributed by atoms with van der Waals surface area (Å²) in [4.78, 5) is 29.0. The molecule has 1 aromatic heterocycles. The summed E-state index contributed by atoms with van der Waals surface area (Å²) in [6, 6.07) is 5.05. The van der Waals surface area contributed by atoms with Gasteiger partial charge in [-0.1, -0.05) is 30.9 Å². The first-order chi connectivity index (χ1) is 12.6. The molecule has 1 aromatic carbocycles. The molecule has 1 saturated carbocycles. The highest BCUT2D eigenvalue weighted by Crippen LogP contribution is 2.23. The molecule has 3 rings (SSSR count). The minimum Gasteiger partial charge on any atom is -0.349 e. The van der Waals surface area contributed by atoms with Gasteiger partial charge >= 0.3 is 0 Å². The lowest BCUT2D eigenvalue weighted by molar-refractivity contribution is 0.0926. The lowest BCUT2D eigenvalue weighted by atomic mass is 9.95. The molecule has 6 nitrogen and oxygen atoms in total. The quantitative estimate of drug-likeness (QED) is 0.670. The maximum Gasteiger partial charge on any atom is 0.275 e. The van der Waals surface area contributed by atoms with Crippen molar-refractivity contribution in [2.75, 3.05) is 5.32 Å². The smallest absolute Gasteiger partial charge is 0.275 e. The van der Waals surface area contributed by atoms with E-state index >= 15 is 0 Å². The zero-order valence-corrected chi connectivity index (χ0v) is 17.1. The van der Waals surface area contributed by atoms with E-state index in [9.17, 15) is 9.59 Å². The van der Waals surface area contributed by atoms with Gasteiger partial charge in [0.05, 0.1) is 10.6 Å². The molecular formula is C18H22Cl2N4O2S. The third-order valence-electron chi connectivity index (χ3n) is 4.37. The van der Waals surface area contributed by atoms with Crippen LogP contribution in [0.25, 0.3) is 0 Å². The van der Waals surface area contributed by atoms with Crippen molar-refractivity contribution >= 4 is 52.8 Å². The molecule has 2 amide bonds. The van der Waals surface area contributed by atoms with Gasteiger partial charge in [-0.05, 0) is 31.0 Å². The summed E-state index contributed by atoms with van der Waals surface area (Å²) in [5, 5.41) is 8.49. The maximum absolute atomic E-state index is 12.6. The van der Waals surface area contributed by atoms with Crippen molar-refractivity contribution in [1.82, 2.24) is 10.3 Å². The van der Waals surface area contributed by atoms with Crippen molar-refractivity contribution < 1.29 is 9.59 Å². The van der Waals surface area contributed by atoms with Crippen LogP contribution in [-0.4, -0.2) is 22.8 Å². The number of halogens is 2. The number of carbonyl (C=O) groups is 2. The van der Waals surface area contributed by atoms with Crippen molar-refractivity contribution in [3.63, 3.8) is 0 Å². The largest absolute Gasteiger partial charge is 0.349 e. The molecule has 146 valence electrons. The number of nitrogens with one attached hydrogen (secondary N) is 2. The molecule has 0 spiro atoms. The fraction of sp³-hybridized carbons (Fsp3) is 0.389. The molecule has 27 heavy (non-hydrogen) atoms. The summed E-state index contributed by atoms with van der Waals surface area (Å²) in [5.74, 6) is -0.556. The predicted molar refractivity (Wildman–Crippen MR) is 111 cm³/mol. The van der Waals surface area contributed by atoms with E-state index < -0.39 is 0 Å². The van der Waals surface area contributed by atoms with E-state index in [0.717, 1.165) is 25.7 Å². The molecule has 4 N–H and O–H groups in total. The zero-order valence-electron chi connectivity index (χ0n) is 14.7. The first-order valence-corrected chi connectivity index (χ1v) is 9.89. The highest BCUT2D eigenvalue weighted by atomic mass is 35.5. The third kappa shape index (κ3) is 5.65. The first kappa shape index (κ1) is 21.6. The fourth-order valence-electron chi connectivity index (χ4n) is 2.99. The molecule has 0 saturated heterocycles. The number of thiazole rings is 1. The van der Waals surface area contributed by atoms with Crippen LogP contribution in [0.1, 0.15) is 58.0 Å². The number of anilines is 1. The number of aromatic nitrogens is 1. The standard InChI is InChI=1S/C18H21ClN4O2S.ClH/c19-14-7-6-12(22-18(25)15-10-26-16(9-20)23-15)8-13(14)17(24)21-11-4-2-1-3-5-11;/h6-8,10-11H,1-5,9,20H2,(H,21,24)(H,22,25);1H. The minimum atomic E-state index is -0.345. The predicted octanol–water partition coefficient (Wildman–Crippen LogP) is 3.99. The molecule has 1 aliphatic carbocycles. The van der Waals surface area contributed by atoms with E-state index in [1.165, 1.54) is 17.8 Å². The number of carbonyl (C=O) groups excluding carboxylic acids is 2. The number of benzene rings is 1. The van der Waals surface area contributed by atoms with Gasteiger partial charge in [0.25, 0.3) is 11.8 Å². The molecule has 1 fully saturated rings. The van der Waals surface area contributed by atoms with Crippen molar-refractivity contribution in [2.24, 2.45) is 5.73 Å². The Balaban J connectivity index is 0.00000261. The van der Waals surface area contributed by atoms with Crippen LogP contribution in [0.15, 0.2) is 23.6 Å². The number of rotatable bonds is 5. The zero-order chi connectivity index (χ0) is 18.5. The van der Waals surface area contributed by atoms with Crippen LogP contribution in [0.3, 0.4) is 0 Å². The highest BCUT2D eigenvalue weighted by molar-refractivity contribution is 7.09. The van der Waals surface area contributed by atoms with E-state index in [-0.39, 0.29) is 30.3 Å². The van der Waals surface area contributed by atoms with Gasteiger partial charge in [0.15, 0.2) is 0 Å². The number of amides is 2. The Morgan fingerprint density at radius 2 is 1.96 bits per heavy atom. The van der Waals surface area contributed by atoms with Crippen molar-refractivity contribution in [1.29, 1.82) is 0 Å². The molecule has 0 bridgehead atoms. The fourth-order valence-corrected chi connectivity index (χ4v) is 3.85. The topological polar surface area (TPSA) is 97.1 Å². The third-order valence-corrected chi connectivity index (χ3v) is 5.57. The van der Waals surface area contributed by atoms with Crippen LogP contribution in [-0.2, 0) is 6.54 Å². The molecule has 0 aliphatic heterocycles. The average molecular weight is 429 g/mol. The van der Waals surface area contributed by atoms with Gasteiger partial charge in [-0.2, -0.15) is 0 Å². The Bertz CT molecular complexity index is 806. The molecular weight excluding hydrogens is 407 g/mol. The Kier molecular flexibility index (Phi) is 8.04. The molecule has 9 heteroatoms. The van der Waals surface area contributed by atoms with Crippen LogP contribution in [0.5, 0.6) is 0 Å². The van der Waals surface area contributed by atoms with E-state index in [2.05, 4.69) is 15.6 Å². The van der Waals surface area contributed by atoms with Crippen molar-refractivity contribution in [3.8, 4) is 0 Å². The molecule has 2 aromatic rings. The summed E-state index contributed by atoms with van der Waals surface area (Å²) in [5.41, 5.74) is 6.68. The second-order valence-electron chi connectivity index (χ2n) is 6.29. The van der Waals surface area contributed by atoms with Crippen LogP contribution in [0, 0.1) is 0 Å². The highest BCUT2D eigenvalue weighted by Gasteiger charge is 2.19. The summed E-state index contributed by atoms with van der Waals surface area (Å²) in [6.45, 7) is 0.296. The van der Waals surface area contributed by atoms with Crippen molar-refractivity contribution in [3.05, 3.63) is 44.9 Å². The van der Waals surface area contributed by atoms with Gasteiger partial charge < -0.3 is 16.4 Å². The van der Waals surface area contributed by atoms with E-state index in [1.807, 2.05) is 0 Å². The summed E-state index contributed by atoms with van der Waals surface area (Å²) >= 11 is 7.52. The monoisotopic (exact) mass is 428 g/mol. The number of nitrogens with two attached hydrogens (primary N) is 1. The average Bonchev–Trinajstić information content (AvgIpc) is 3.13. The van der Waals surface area contributed by atoms with Crippen LogP contribution >= 0.6 is 35.3 Å².